The van der Waals surface area contributed by atoms with Gasteiger partial charge in [-0.3, -0.25) is 0 Å². The molecule has 1 atom stereocenters. The van der Waals surface area contributed by atoms with Gasteiger partial charge in [0, 0.05) is 21.1 Å². The number of halogens is 2. The number of hydrogen-bond acceptors (Lipinski definition) is 1. The molecule has 0 amide bonds. The molecule has 0 saturated heterocycles. The lowest BCUT2D eigenvalue weighted by molar-refractivity contribution is 0.339. The average Bonchev–Trinajstić information content (AvgIpc) is 2.94. The summed E-state index contributed by atoms with van der Waals surface area (Å²) in [5.41, 5.74) is 11.0. The van der Waals surface area contributed by atoms with Gasteiger partial charge >= 0.3 is 0 Å². The molecule has 124 valence electrons. The minimum atomic E-state index is -0.365. The fourth-order valence-electron chi connectivity index (χ4n) is 3.88. The normalized spacial score (nSPS) is 20.3. The number of hydrogen-bond donors (Lipinski definition) is 2. The largest absolute Gasteiger partial charge is 0.357 e. The number of nitrogens with one attached hydrogen (secondary N) is 1. The molecule has 3 aromatic rings. The van der Waals surface area contributed by atoms with Crippen molar-refractivity contribution in [3.05, 3.63) is 69.6 Å². The minimum Gasteiger partial charge on any atom is -0.357 e. The molecule has 1 aromatic heterocycles. The number of rotatable bonds is 3. The third-order valence-corrected chi connectivity index (χ3v) is 5.72. The summed E-state index contributed by atoms with van der Waals surface area (Å²) >= 11 is 3.47. The number of aromatic nitrogens is 1. The molecule has 3 N–H and O–H groups in total. The molecule has 0 radical (unpaired) electrons. The minimum absolute atomic E-state index is 0.188. The van der Waals surface area contributed by atoms with Gasteiger partial charge in [0.1, 0.15) is 5.82 Å². The summed E-state index contributed by atoms with van der Waals surface area (Å²) in [4.78, 5) is 3.48. The van der Waals surface area contributed by atoms with Crippen LogP contribution in [-0.4, -0.2) is 4.98 Å². The van der Waals surface area contributed by atoms with Crippen molar-refractivity contribution in [3.8, 4) is 0 Å². The zero-order chi connectivity index (χ0) is 16.7. The predicted molar refractivity (Wildman–Crippen MR) is 99.5 cm³/mol. The zero-order valence-electron chi connectivity index (χ0n) is 13.4. The first-order chi connectivity index (χ1) is 11.5. The van der Waals surface area contributed by atoms with Gasteiger partial charge in [-0.15, -0.1) is 0 Å². The first-order valence-corrected chi connectivity index (χ1v) is 9.18. The second-order valence-electron chi connectivity index (χ2n) is 6.80. The lowest BCUT2D eigenvalue weighted by Gasteiger charge is -2.34. The van der Waals surface area contributed by atoms with E-state index in [2.05, 4.69) is 45.2 Å². The van der Waals surface area contributed by atoms with Crippen LogP contribution in [0, 0.1) is 5.82 Å². The molecule has 4 heteroatoms. The molecule has 0 spiro atoms. The summed E-state index contributed by atoms with van der Waals surface area (Å²) in [6.07, 6.45) is 4.80. The maximum atomic E-state index is 13.6. The van der Waals surface area contributed by atoms with Crippen LogP contribution in [0.4, 0.5) is 4.39 Å². The molecule has 1 heterocycles. The lowest BCUT2D eigenvalue weighted by Crippen LogP contribution is -2.40. The summed E-state index contributed by atoms with van der Waals surface area (Å²) in [7, 11) is 0. The van der Waals surface area contributed by atoms with Crippen molar-refractivity contribution in [2.45, 2.75) is 37.6 Å². The van der Waals surface area contributed by atoms with Gasteiger partial charge in [0.25, 0.3) is 0 Å². The molecule has 0 saturated carbocycles. The van der Waals surface area contributed by atoms with Crippen LogP contribution in [-0.2, 0) is 18.4 Å². The molecular formula is C20H20BrFN2. The van der Waals surface area contributed by atoms with Gasteiger partial charge in [0.15, 0.2) is 0 Å². The Morgan fingerprint density at radius 2 is 1.96 bits per heavy atom. The van der Waals surface area contributed by atoms with Gasteiger partial charge < -0.3 is 10.7 Å². The van der Waals surface area contributed by atoms with E-state index in [1.54, 1.807) is 6.07 Å². The first-order valence-electron chi connectivity index (χ1n) is 8.39. The van der Waals surface area contributed by atoms with Crippen molar-refractivity contribution in [1.82, 2.24) is 4.98 Å². The Bertz CT molecular complexity index is 885. The van der Waals surface area contributed by atoms with Crippen LogP contribution in [0.1, 0.15) is 36.1 Å². The van der Waals surface area contributed by atoms with Crippen LogP contribution in [0.25, 0.3) is 10.9 Å². The summed E-state index contributed by atoms with van der Waals surface area (Å²) in [5.74, 6) is -0.188. The third kappa shape index (κ3) is 2.78. The maximum Gasteiger partial charge on any atom is 0.123 e. The Kier molecular flexibility index (Phi) is 3.97. The van der Waals surface area contributed by atoms with Crippen molar-refractivity contribution >= 4 is 26.8 Å². The number of aromatic amines is 1. The molecule has 0 aliphatic heterocycles. The van der Waals surface area contributed by atoms with Crippen molar-refractivity contribution in [3.63, 3.8) is 0 Å². The van der Waals surface area contributed by atoms with Gasteiger partial charge in [0.2, 0.25) is 0 Å². The van der Waals surface area contributed by atoms with Crippen molar-refractivity contribution in [1.29, 1.82) is 0 Å². The predicted octanol–water partition coefficient (Wildman–Crippen LogP) is 5.19. The van der Waals surface area contributed by atoms with Gasteiger partial charge in [0.05, 0.1) is 5.54 Å². The van der Waals surface area contributed by atoms with Crippen LogP contribution in [0.2, 0.25) is 0 Å². The molecular weight excluding hydrogens is 367 g/mol. The number of aryl methyl sites for hydroxylation is 2. The van der Waals surface area contributed by atoms with E-state index >= 15 is 0 Å². The summed E-state index contributed by atoms with van der Waals surface area (Å²) in [6, 6.07) is 13.4. The summed E-state index contributed by atoms with van der Waals surface area (Å²) < 4.78 is 14.7. The van der Waals surface area contributed by atoms with Gasteiger partial charge in [-0.1, -0.05) is 28.1 Å². The van der Waals surface area contributed by atoms with E-state index in [0.29, 0.717) is 0 Å². The standard InChI is InChI=1S/C20H20BrFN2/c21-14-5-3-13(4-6-14)9-11-20(23)10-1-2-16-17-12-15(22)7-8-18(17)24-19(16)20/h3-8,12,24H,1-2,9-11,23H2. The van der Waals surface area contributed by atoms with Crippen LogP contribution < -0.4 is 5.73 Å². The molecule has 24 heavy (non-hydrogen) atoms. The number of nitrogens with two attached hydrogens (primary N) is 1. The number of benzene rings is 2. The Morgan fingerprint density at radius 3 is 2.75 bits per heavy atom. The highest BCUT2D eigenvalue weighted by atomic mass is 79.9. The third-order valence-electron chi connectivity index (χ3n) is 5.19. The smallest absolute Gasteiger partial charge is 0.123 e. The van der Waals surface area contributed by atoms with Crippen LogP contribution >= 0.6 is 15.9 Å². The van der Waals surface area contributed by atoms with Crippen molar-refractivity contribution in [2.24, 2.45) is 5.73 Å². The highest BCUT2D eigenvalue weighted by Crippen LogP contribution is 2.40. The topological polar surface area (TPSA) is 41.8 Å². The average molecular weight is 387 g/mol. The highest BCUT2D eigenvalue weighted by molar-refractivity contribution is 9.10. The van der Waals surface area contributed by atoms with E-state index in [4.69, 9.17) is 5.73 Å². The van der Waals surface area contributed by atoms with Crippen LogP contribution in [0.5, 0.6) is 0 Å². The van der Waals surface area contributed by atoms with E-state index in [0.717, 1.165) is 53.2 Å². The van der Waals surface area contributed by atoms with Gasteiger partial charge in [-0.05, 0) is 73.6 Å². The fraction of sp³-hybridized carbons (Fsp3) is 0.300. The monoisotopic (exact) mass is 386 g/mol. The zero-order valence-corrected chi connectivity index (χ0v) is 15.0. The second kappa shape index (κ2) is 6.01. The lowest BCUT2D eigenvalue weighted by atomic mass is 9.77. The van der Waals surface area contributed by atoms with E-state index < -0.39 is 0 Å². The molecule has 4 rings (SSSR count). The van der Waals surface area contributed by atoms with E-state index in [9.17, 15) is 4.39 Å². The molecule has 2 nitrogen and oxygen atoms in total. The maximum absolute atomic E-state index is 13.6. The van der Waals surface area contributed by atoms with E-state index in [-0.39, 0.29) is 11.4 Å². The molecule has 1 aliphatic carbocycles. The Morgan fingerprint density at radius 1 is 1.17 bits per heavy atom. The van der Waals surface area contributed by atoms with Gasteiger partial charge in [-0.25, -0.2) is 4.39 Å². The van der Waals surface area contributed by atoms with Crippen molar-refractivity contribution < 1.29 is 4.39 Å². The van der Waals surface area contributed by atoms with Crippen molar-refractivity contribution in [2.75, 3.05) is 0 Å². The van der Waals surface area contributed by atoms with E-state index in [1.165, 1.54) is 17.2 Å². The van der Waals surface area contributed by atoms with Crippen LogP contribution in [0.3, 0.4) is 0 Å². The first kappa shape index (κ1) is 15.9. The number of fused-ring (bicyclic) bond motifs is 3. The second-order valence-corrected chi connectivity index (χ2v) is 7.72. The summed E-state index contributed by atoms with van der Waals surface area (Å²) in [6.45, 7) is 0. The Hall–Kier alpha value is -1.65. The summed E-state index contributed by atoms with van der Waals surface area (Å²) in [5, 5.41) is 0.989. The SMILES string of the molecule is NC1(CCc2ccc(Br)cc2)CCCc2c1[nH]c1ccc(F)cc21. The Balaban J connectivity index is 1.67. The molecule has 1 unspecified atom stereocenters. The molecule has 1 aliphatic rings. The molecule has 2 aromatic carbocycles. The van der Waals surface area contributed by atoms with Crippen LogP contribution in [0.15, 0.2) is 46.9 Å². The molecule has 0 fully saturated rings. The fourth-order valence-corrected chi connectivity index (χ4v) is 4.14. The number of H-pyrrole nitrogens is 1. The van der Waals surface area contributed by atoms with E-state index in [1.807, 2.05) is 6.07 Å². The Labute approximate surface area is 149 Å². The quantitative estimate of drug-likeness (QED) is 0.638. The van der Waals surface area contributed by atoms with Gasteiger partial charge in [-0.2, -0.15) is 0 Å². The molecule has 0 bridgehead atoms. The highest BCUT2D eigenvalue weighted by Gasteiger charge is 2.35.